The Morgan fingerprint density at radius 2 is 1.60 bits per heavy atom. The summed E-state index contributed by atoms with van der Waals surface area (Å²) in [7, 11) is 2.42. The van der Waals surface area contributed by atoms with Crippen LogP contribution in [0, 0.1) is 10.4 Å². The first-order valence-corrected chi connectivity index (χ1v) is 12.1. The van der Waals surface area contributed by atoms with E-state index in [1.165, 1.54) is 19.4 Å². The maximum Gasteiger partial charge on any atom is 0.260 e. The number of phenols is 1. The van der Waals surface area contributed by atoms with Gasteiger partial charge in [-0.2, -0.15) is 0 Å². The van der Waals surface area contributed by atoms with Gasteiger partial charge in [-0.3, -0.25) is 24.0 Å². The van der Waals surface area contributed by atoms with Gasteiger partial charge in [0.1, 0.15) is 29.8 Å². The Bertz CT molecular complexity index is 2350. The van der Waals surface area contributed by atoms with E-state index in [1.807, 2.05) is 0 Å². The minimum absolute atomic E-state index is 0.0256. The molecule has 1 aromatic heterocycles. The normalized spacial score (nSPS) is 17.9. The summed E-state index contributed by atoms with van der Waals surface area (Å²) in [4.78, 5) is 72.8. The van der Waals surface area contributed by atoms with Gasteiger partial charge in [-0.15, -0.1) is 0 Å². The Hall–Kier alpha value is -4.97. The molecule has 40 heavy (non-hydrogen) atoms. The van der Waals surface area contributed by atoms with Gasteiger partial charge in [0.25, 0.3) is 5.56 Å². The third-order valence-corrected chi connectivity index (χ3v) is 8.11. The summed E-state index contributed by atoms with van der Waals surface area (Å²) in [6.07, 6.45) is 1.10. The summed E-state index contributed by atoms with van der Waals surface area (Å²) < 4.78 is 4.87. The molecule has 6 rings (SSSR count). The molecule has 1 atom stereocenters. The van der Waals surface area contributed by atoms with Gasteiger partial charge >= 0.3 is 0 Å². The number of halogens is 1. The molecule has 1 aromatic carbocycles. The number of nitrogens with one attached hydrogen (secondary N) is 1. The van der Waals surface area contributed by atoms with Crippen LogP contribution in [-0.4, -0.2) is 40.7 Å². The maximum atomic E-state index is 13.6. The molecule has 4 N–H and O–H groups in total. The summed E-state index contributed by atoms with van der Waals surface area (Å²) in [6.45, 7) is 0. The standard InChI is InChI=1S/C27H17ClN2O10/c1-39-12-6-11(31)14-15(20(12)32)22(34)17-16(21(14)33)24(36)27(25(17)37)4-3-9-18(27)23(35)13-10(19(9)28)5-8(7-29-40-2)30-26(13)38/h5-7,35-37H,3-4H2,1-2H3,(H,30,38)/t27-/m0/s1. The van der Waals surface area contributed by atoms with E-state index < -0.39 is 76.6 Å². The summed E-state index contributed by atoms with van der Waals surface area (Å²) >= 11 is 6.69. The minimum atomic E-state index is -2.05. The van der Waals surface area contributed by atoms with Crippen LogP contribution in [0.3, 0.4) is 0 Å². The number of rotatable bonds is 3. The van der Waals surface area contributed by atoms with Crippen LogP contribution in [-0.2, 0) is 16.7 Å². The average molecular weight is 565 g/mol. The van der Waals surface area contributed by atoms with E-state index in [4.69, 9.17) is 16.3 Å². The van der Waals surface area contributed by atoms with Crippen LogP contribution in [0.1, 0.15) is 23.2 Å². The first-order chi connectivity index (χ1) is 19.0. The van der Waals surface area contributed by atoms with Crippen LogP contribution in [0.5, 0.6) is 11.5 Å². The van der Waals surface area contributed by atoms with Crippen molar-refractivity contribution in [3.63, 3.8) is 0 Å². The Morgan fingerprint density at radius 1 is 0.950 bits per heavy atom. The van der Waals surface area contributed by atoms with Crippen molar-refractivity contribution in [2.75, 3.05) is 14.2 Å². The molecule has 1 spiro atoms. The summed E-state index contributed by atoms with van der Waals surface area (Å²) in [6, 6.07) is 2.21. The highest BCUT2D eigenvalue weighted by molar-refractivity contribution is 6.37. The second-order valence-corrected chi connectivity index (χ2v) is 9.82. The zero-order valence-electron chi connectivity index (χ0n) is 20.7. The molecule has 13 heteroatoms. The lowest BCUT2D eigenvalue weighted by Gasteiger charge is -2.27. The number of aliphatic hydroxyl groups is 2. The molecule has 202 valence electrons. The molecule has 0 saturated heterocycles. The number of hydrogen-bond acceptors (Lipinski definition) is 11. The topological polar surface area (TPSA) is 193 Å². The Labute approximate surface area is 225 Å². The zero-order valence-corrected chi connectivity index (χ0v) is 21.4. The smallest absolute Gasteiger partial charge is 0.260 e. The van der Waals surface area contributed by atoms with Crippen molar-refractivity contribution in [1.82, 2.24) is 4.98 Å². The summed E-state index contributed by atoms with van der Waals surface area (Å²) in [5.74, 6) is -2.74. The number of pyridine rings is 1. The predicted molar refractivity (Wildman–Crippen MR) is 143 cm³/mol. The molecule has 0 fully saturated rings. The molecule has 0 saturated carbocycles. The van der Waals surface area contributed by atoms with Crippen LogP contribution >= 0.6 is 11.6 Å². The molecule has 0 radical (unpaired) electrons. The van der Waals surface area contributed by atoms with Crippen LogP contribution < -0.4 is 42.4 Å². The van der Waals surface area contributed by atoms with E-state index in [0.29, 0.717) is 0 Å². The number of aromatic amines is 1. The Morgan fingerprint density at radius 3 is 2.23 bits per heavy atom. The van der Waals surface area contributed by atoms with Gasteiger partial charge in [0.05, 0.1) is 50.3 Å². The zero-order chi connectivity index (χ0) is 28.8. The number of hydrogen-bond donors (Lipinski definition) is 4. The predicted octanol–water partition coefficient (Wildman–Crippen LogP) is -0.853. The number of methoxy groups -OCH3 is 1. The van der Waals surface area contributed by atoms with Crippen molar-refractivity contribution in [2.24, 2.45) is 5.16 Å². The fourth-order valence-electron chi connectivity index (χ4n) is 5.99. The number of oxime groups is 1. The third kappa shape index (κ3) is 2.85. The van der Waals surface area contributed by atoms with Crippen molar-refractivity contribution in [2.45, 2.75) is 18.3 Å². The first-order valence-electron chi connectivity index (χ1n) is 11.7. The van der Waals surface area contributed by atoms with E-state index >= 15 is 0 Å². The number of fused-ring (bicyclic) bond motifs is 4. The number of nitrogens with zero attached hydrogens (tertiary/aromatic N) is 1. The van der Waals surface area contributed by atoms with Gasteiger partial charge in [0.2, 0.25) is 16.3 Å². The lowest BCUT2D eigenvalue weighted by Crippen LogP contribution is -2.51. The molecule has 0 aliphatic heterocycles. The molecule has 1 heterocycles. The number of aromatic nitrogens is 1. The highest BCUT2D eigenvalue weighted by Gasteiger charge is 2.53. The average Bonchev–Trinajstić information content (AvgIpc) is 3.43. The van der Waals surface area contributed by atoms with Gasteiger partial charge in [0.15, 0.2) is 11.2 Å². The molecular formula is C27H17ClN2O10. The number of ether oxygens (including phenoxy) is 1. The van der Waals surface area contributed by atoms with Crippen molar-refractivity contribution in [3.8, 4) is 11.5 Å². The van der Waals surface area contributed by atoms with E-state index in [2.05, 4.69) is 15.0 Å². The molecule has 0 bridgehead atoms. The first kappa shape index (κ1) is 25.3. The van der Waals surface area contributed by atoms with E-state index in [1.54, 1.807) is 0 Å². The minimum Gasteiger partial charge on any atom is -0.510 e. The third-order valence-electron chi connectivity index (χ3n) is 7.67. The van der Waals surface area contributed by atoms with Gasteiger partial charge in [0, 0.05) is 17.0 Å². The fourth-order valence-corrected chi connectivity index (χ4v) is 6.33. The molecule has 0 amide bonds. The molecule has 4 aliphatic carbocycles. The SMILES string of the molecule is CON=Cc1cc2c(Cl)c3c(c(O)c2c(=O)[nH]1)[C@@]1(CC3)C(O)=c2c(=O)c3c(=O)cc(OC)c(=O)c=3c(=O)c2=C1O. The lowest BCUT2D eigenvalue weighted by atomic mass is 9.78. The van der Waals surface area contributed by atoms with Crippen molar-refractivity contribution >= 4 is 40.1 Å². The molecule has 12 nitrogen and oxygen atoms in total. The van der Waals surface area contributed by atoms with Crippen LogP contribution in [0.4, 0.5) is 0 Å². The van der Waals surface area contributed by atoms with Crippen molar-refractivity contribution in [3.05, 3.63) is 106 Å². The van der Waals surface area contributed by atoms with Gasteiger partial charge < -0.3 is 29.9 Å². The maximum absolute atomic E-state index is 13.6. The second kappa shape index (κ2) is 8.26. The number of aliphatic hydroxyl groups excluding tert-OH is 2. The highest BCUT2D eigenvalue weighted by atomic mass is 35.5. The highest BCUT2D eigenvalue weighted by Crippen LogP contribution is 2.56. The molecule has 4 aliphatic rings. The number of H-pyrrole nitrogens is 1. The van der Waals surface area contributed by atoms with E-state index in [0.717, 1.165) is 13.2 Å². The number of phenolic OH excluding ortho intramolecular Hbond substituents is 1. The van der Waals surface area contributed by atoms with Gasteiger partial charge in [-0.25, -0.2) is 0 Å². The molecule has 2 aromatic rings. The van der Waals surface area contributed by atoms with Gasteiger partial charge in [-0.05, 0) is 24.5 Å². The fraction of sp³-hybridized carbons (Fsp3) is 0.185. The molecular weight excluding hydrogens is 548 g/mol. The monoisotopic (exact) mass is 564 g/mol. The number of benzene rings is 1. The second-order valence-electron chi connectivity index (χ2n) is 9.44. The van der Waals surface area contributed by atoms with Crippen LogP contribution in [0.25, 0.3) is 22.3 Å². The van der Waals surface area contributed by atoms with Crippen molar-refractivity contribution in [1.29, 1.82) is 0 Å². The Kier molecular flexibility index (Phi) is 5.23. The number of aromatic hydroxyl groups is 1. The lowest BCUT2D eigenvalue weighted by molar-refractivity contribution is 0.215. The summed E-state index contributed by atoms with van der Waals surface area (Å²) in [5, 5.41) is 35.0. The Balaban J connectivity index is 1.80. The van der Waals surface area contributed by atoms with E-state index in [-0.39, 0.29) is 45.5 Å². The van der Waals surface area contributed by atoms with Crippen LogP contribution in [0.15, 0.2) is 41.3 Å². The largest absolute Gasteiger partial charge is 0.510 e. The molecule has 0 unspecified atom stereocenters. The van der Waals surface area contributed by atoms with Crippen LogP contribution in [0.2, 0.25) is 5.02 Å². The summed E-state index contributed by atoms with van der Waals surface area (Å²) in [5.41, 5.74) is -6.86. The van der Waals surface area contributed by atoms with Crippen molar-refractivity contribution < 1.29 is 24.9 Å². The quantitative estimate of drug-likeness (QED) is 0.180. The van der Waals surface area contributed by atoms with Gasteiger partial charge in [-0.1, -0.05) is 16.8 Å². The van der Waals surface area contributed by atoms with E-state index in [9.17, 15) is 39.3 Å².